The molecule has 1 heterocycles. The Morgan fingerprint density at radius 3 is 2.79 bits per heavy atom. The average Bonchev–Trinajstić information content (AvgIpc) is 2.76. The Morgan fingerprint density at radius 1 is 1.64 bits per heavy atom. The summed E-state index contributed by atoms with van der Waals surface area (Å²) in [6.07, 6.45) is 7.89. The molecule has 14 heavy (non-hydrogen) atoms. The smallest absolute Gasteiger partial charge is 0.0522 e. The summed E-state index contributed by atoms with van der Waals surface area (Å²) in [5, 5.41) is 7.62. The van der Waals surface area contributed by atoms with Crippen LogP contribution in [0.5, 0.6) is 0 Å². The number of likely N-dealkylation sites (N-methyl/N-ethyl adjacent to an activating group) is 1. The maximum atomic E-state index is 4.20. The number of hydrogen-bond acceptors (Lipinski definition) is 2. The van der Waals surface area contributed by atoms with Crippen LogP contribution in [0.3, 0.4) is 0 Å². The molecule has 0 amide bonds. The van der Waals surface area contributed by atoms with Crippen molar-refractivity contribution in [2.45, 2.75) is 32.2 Å². The molecule has 0 saturated heterocycles. The van der Waals surface area contributed by atoms with Gasteiger partial charge in [-0.2, -0.15) is 5.10 Å². The van der Waals surface area contributed by atoms with Crippen LogP contribution >= 0.6 is 0 Å². The van der Waals surface area contributed by atoms with Crippen LogP contribution in [0.4, 0.5) is 0 Å². The van der Waals surface area contributed by atoms with Crippen molar-refractivity contribution in [3.05, 3.63) is 18.0 Å². The first-order chi connectivity index (χ1) is 6.64. The fourth-order valence-electron chi connectivity index (χ4n) is 2.06. The third kappa shape index (κ3) is 1.82. The standard InChI is InChI=1S/C11H19N3/c1-11(4-5-11)10(12-2)6-9-7-13-14(3)8-9/h7-8,10,12H,4-6H2,1-3H3. The molecule has 78 valence electrons. The van der Waals surface area contributed by atoms with Crippen molar-refractivity contribution in [1.82, 2.24) is 15.1 Å². The minimum absolute atomic E-state index is 0.532. The lowest BCUT2D eigenvalue weighted by molar-refractivity contribution is 0.376. The fraction of sp³-hybridized carbons (Fsp3) is 0.727. The summed E-state index contributed by atoms with van der Waals surface area (Å²) in [7, 11) is 4.03. The number of aromatic nitrogens is 2. The van der Waals surface area contributed by atoms with Gasteiger partial charge in [-0.15, -0.1) is 0 Å². The molecule has 1 aromatic rings. The molecule has 0 aromatic carbocycles. The van der Waals surface area contributed by atoms with E-state index in [1.54, 1.807) is 0 Å². The zero-order valence-corrected chi connectivity index (χ0v) is 9.25. The highest BCUT2D eigenvalue weighted by atomic mass is 15.2. The Hall–Kier alpha value is -0.830. The lowest BCUT2D eigenvalue weighted by Crippen LogP contribution is -2.35. The van der Waals surface area contributed by atoms with Crippen molar-refractivity contribution in [3.8, 4) is 0 Å². The van der Waals surface area contributed by atoms with Crippen LogP contribution in [-0.2, 0) is 13.5 Å². The van der Waals surface area contributed by atoms with Gasteiger partial charge in [0.05, 0.1) is 6.20 Å². The summed E-state index contributed by atoms with van der Waals surface area (Å²) in [4.78, 5) is 0. The molecule has 1 fully saturated rings. The monoisotopic (exact) mass is 193 g/mol. The van der Waals surface area contributed by atoms with Gasteiger partial charge < -0.3 is 5.32 Å². The normalized spacial score (nSPS) is 20.8. The van der Waals surface area contributed by atoms with E-state index in [4.69, 9.17) is 0 Å². The second kappa shape index (κ2) is 3.39. The second-order valence-corrected chi connectivity index (χ2v) is 4.72. The van der Waals surface area contributed by atoms with Gasteiger partial charge in [0.1, 0.15) is 0 Å². The average molecular weight is 193 g/mol. The summed E-state index contributed by atoms with van der Waals surface area (Å²) < 4.78 is 1.87. The molecule has 1 atom stereocenters. The first-order valence-corrected chi connectivity index (χ1v) is 5.29. The van der Waals surface area contributed by atoms with Gasteiger partial charge in [-0.3, -0.25) is 4.68 Å². The van der Waals surface area contributed by atoms with Crippen LogP contribution in [0.2, 0.25) is 0 Å². The molecule has 1 aliphatic rings. The maximum Gasteiger partial charge on any atom is 0.0522 e. The first kappa shape index (κ1) is 9.71. The van der Waals surface area contributed by atoms with E-state index in [-0.39, 0.29) is 0 Å². The molecular formula is C11H19N3. The Morgan fingerprint density at radius 2 is 2.36 bits per heavy atom. The third-order valence-corrected chi connectivity index (χ3v) is 3.43. The molecule has 3 heteroatoms. The van der Waals surface area contributed by atoms with Crippen LogP contribution in [-0.4, -0.2) is 22.9 Å². The van der Waals surface area contributed by atoms with Crippen molar-refractivity contribution < 1.29 is 0 Å². The Balaban J connectivity index is 2.01. The van der Waals surface area contributed by atoms with Gasteiger partial charge in [-0.25, -0.2) is 0 Å². The van der Waals surface area contributed by atoms with Gasteiger partial charge in [0.25, 0.3) is 0 Å². The lowest BCUT2D eigenvalue weighted by atomic mass is 9.94. The number of hydrogen-bond donors (Lipinski definition) is 1. The summed E-state index contributed by atoms with van der Waals surface area (Å²) in [5.41, 5.74) is 1.87. The van der Waals surface area contributed by atoms with Crippen molar-refractivity contribution in [2.75, 3.05) is 7.05 Å². The highest BCUT2D eigenvalue weighted by Crippen LogP contribution is 2.48. The van der Waals surface area contributed by atoms with E-state index in [1.807, 2.05) is 17.9 Å². The van der Waals surface area contributed by atoms with Crippen molar-refractivity contribution >= 4 is 0 Å². The summed E-state index contributed by atoms with van der Waals surface area (Å²) in [6, 6.07) is 0.603. The minimum Gasteiger partial charge on any atom is -0.316 e. The van der Waals surface area contributed by atoms with E-state index in [0.29, 0.717) is 11.5 Å². The zero-order valence-electron chi connectivity index (χ0n) is 9.25. The highest BCUT2D eigenvalue weighted by molar-refractivity contribution is 5.10. The molecule has 1 unspecified atom stereocenters. The zero-order chi connectivity index (χ0) is 10.2. The fourth-order valence-corrected chi connectivity index (χ4v) is 2.06. The maximum absolute atomic E-state index is 4.20. The van der Waals surface area contributed by atoms with E-state index in [2.05, 4.69) is 30.6 Å². The molecule has 1 saturated carbocycles. The molecule has 0 spiro atoms. The molecule has 2 rings (SSSR count). The summed E-state index contributed by atoms with van der Waals surface area (Å²) in [6.45, 7) is 2.37. The number of rotatable bonds is 4. The van der Waals surface area contributed by atoms with E-state index >= 15 is 0 Å². The predicted molar refractivity (Wildman–Crippen MR) is 57.1 cm³/mol. The van der Waals surface area contributed by atoms with Crippen LogP contribution < -0.4 is 5.32 Å². The Kier molecular flexibility index (Phi) is 2.35. The van der Waals surface area contributed by atoms with Gasteiger partial charge in [0.15, 0.2) is 0 Å². The number of aryl methyl sites for hydroxylation is 1. The Labute approximate surface area is 85.5 Å². The number of nitrogens with zero attached hydrogens (tertiary/aromatic N) is 2. The molecular weight excluding hydrogens is 174 g/mol. The van der Waals surface area contributed by atoms with Crippen LogP contribution in [0, 0.1) is 5.41 Å². The van der Waals surface area contributed by atoms with Gasteiger partial charge >= 0.3 is 0 Å². The highest BCUT2D eigenvalue weighted by Gasteiger charge is 2.43. The summed E-state index contributed by atoms with van der Waals surface area (Å²) in [5.74, 6) is 0. The molecule has 1 aliphatic carbocycles. The summed E-state index contributed by atoms with van der Waals surface area (Å²) >= 11 is 0. The largest absolute Gasteiger partial charge is 0.316 e. The van der Waals surface area contributed by atoms with Gasteiger partial charge in [-0.05, 0) is 37.3 Å². The minimum atomic E-state index is 0.532. The van der Waals surface area contributed by atoms with Crippen LogP contribution in [0.15, 0.2) is 12.4 Å². The van der Waals surface area contributed by atoms with Crippen LogP contribution in [0.25, 0.3) is 0 Å². The molecule has 1 N–H and O–H groups in total. The third-order valence-electron chi connectivity index (χ3n) is 3.43. The van der Waals surface area contributed by atoms with Gasteiger partial charge in [-0.1, -0.05) is 6.92 Å². The van der Waals surface area contributed by atoms with E-state index in [9.17, 15) is 0 Å². The van der Waals surface area contributed by atoms with Crippen molar-refractivity contribution in [3.63, 3.8) is 0 Å². The van der Waals surface area contributed by atoms with Gasteiger partial charge in [0.2, 0.25) is 0 Å². The molecule has 0 aliphatic heterocycles. The SMILES string of the molecule is CNC(Cc1cnn(C)c1)C1(C)CC1. The first-order valence-electron chi connectivity index (χ1n) is 5.29. The van der Waals surface area contributed by atoms with Gasteiger partial charge in [0, 0.05) is 19.3 Å². The number of nitrogens with one attached hydrogen (secondary N) is 1. The second-order valence-electron chi connectivity index (χ2n) is 4.72. The van der Waals surface area contributed by atoms with Crippen molar-refractivity contribution in [2.24, 2.45) is 12.5 Å². The van der Waals surface area contributed by atoms with E-state index < -0.39 is 0 Å². The molecule has 3 nitrogen and oxygen atoms in total. The van der Waals surface area contributed by atoms with E-state index in [0.717, 1.165) is 6.42 Å². The van der Waals surface area contributed by atoms with E-state index in [1.165, 1.54) is 18.4 Å². The van der Waals surface area contributed by atoms with Crippen LogP contribution in [0.1, 0.15) is 25.3 Å². The molecule has 0 radical (unpaired) electrons. The quantitative estimate of drug-likeness (QED) is 0.782. The lowest BCUT2D eigenvalue weighted by Gasteiger charge is -2.22. The molecule has 1 aromatic heterocycles. The Bertz CT molecular complexity index is 312. The predicted octanol–water partition coefficient (Wildman–Crippen LogP) is 1.35. The van der Waals surface area contributed by atoms with Crippen molar-refractivity contribution in [1.29, 1.82) is 0 Å². The topological polar surface area (TPSA) is 29.9 Å². The molecule has 0 bridgehead atoms.